The Kier molecular flexibility index (Phi) is 3.08. The van der Waals surface area contributed by atoms with Crippen LogP contribution < -0.4 is 0 Å². The van der Waals surface area contributed by atoms with E-state index in [9.17, 15) is 0 Å². The zero-order chi connectivity index (χ0) is 7.40. The van der Waals surface area contributed by atoms with Gasteiger partial charge in [0.1, 0.15) is 19.0 Å². The van der Waals surface area contributed by atoms with Crippen molar-refractivity contribution in [2.24, 2.45) is 0 Å². The molecule has 10 heavy (non-hydrogen) atoms. The molecule has 1 rings (SSSR count). The van der Waals surface area contributed by atoms with Gasteiger partial charge in [-0.05, 0) is 0 Å². The van der Waals surface area contributed by atoms with E-state index in [-0.39, 0.29) is 25.6 Å². The monoisotopic (exact) mass is 148 g/mol. The second kappa shape index (κ2) is 3.88. The molecule has 1 fully saturated rings. The molecule has 0 radical (unpaired) electrons. The zero-order valence-corrected chi connectivity index (χ0v) is 5.95. The molecule has 0 aromatic carbocycles. The first kappa shape index (κ1) is 7.94. The first-order valence-corrected chi connectivity index (χ1v) is 3.21. The lowest BCUT2D eigenvalue weighted by Gasteiger charge is -1.97. The third-order valence-corrected chi connectivity index (χ3v) is 1.35. The van der Waals surface area contributed by atoms with Crippen LogP contribution in [0.25, 0.3) is 0 Å². The molecule has 1 N–H and O–H groups in total. The number of hydrogen-bond acceptors (Lipinski definition) is 4. The first-order chi connectivity index (χ1) is 4.88. The van der Waals surface area contributed by atoms with Crippen LogP contribution in [0.3, 0.4) is 0 Å². The van der Waals surface area contributed by atoms with Crippen LogP contribution in [0.5, 0.6) is 0 Å². The van der Waals surface area contributed by atoms with Gasteiger partial charge in [0.2, 0.25) is 0 Å². The lowest BCUT2D eigenvalue weighted by molar-refractivity contribution is -0.0352. The van der Waals surface area contributed by atoms with Crippen molar-refractivity contribution in [1.82, 2.24) is 0 Å². The summed E-state index contributed by atoms with van der Waals surface area (Å²) in [7, 11) is 1.57. The smallest absolute Gasteiger partial charge is 0.146 e. The Morgan fingerprint density at radius 3 is 2.80 bits per heavy atom. The summed E-state index contributed by atoms with van der Waals surface area (Å²) in [5.41, 5.74) is 0. The van der Waals surface area contributed by atoms with E-state index in [0.717, 1.165) is 0 Å². The molecule has 0 amide bonds. The highest BCUT2D eigenvalue weighted by Crippen LogP contribution is 2.20. The topological polar surface area (TPSA) is 51.2 Å². The molecule has 0 aromatic heterocycles. The Balaban J connectivity index is 1.87. The van der Waals surface area contributed by atoms with Crippen molar-refractivity contribution < 1.29 is 19.3 Å². The molecule has 60 valence electrons. The maximum atomic E-state index is 8.52. The molecular weight excluding hydrogens is 136 g/mol. The molecule has 2 unspecified atom stereocenters. The molecule has 1 heterocycles. The quantitative estimate of drug-likeness (QED) is 0.320. The third-order valence-electron chi connectivity index (χ3n) is 1.35. The van der Waals surface area contributed by atoms with E-state index in [1.54, 1.807) is 7.11 Å². The third kappa shape index (κ3) is 2.22. The fraction of sp³-hybridized carbons (Fsp3) is 1.00. The summed E-state index contributed by atoms with van der Waals surface area (Å²) in [4.78, 5) is 0. The van der Waals surface area contributed by atoms with Crippen LogP contribution in [0.15, 0.2) is 0 Å². The minimum Gasteiger partial charge on any atom is -0.394 e. The highest BCUT2D eigenvalue weighted by molar-refractivity contribution is 4.83. The van der Waals surface area contributed by atoms with Gasteiger partial charge >= 0.3 is 0 Å². The largest absolute Gasteiger partial charge is 0.394 e. The number of rotatable bonds is 5. The Hall–Kier alpha value is -0.160. The van der Waals surface area contributed by atoms with E-state index >= 15 is 0 Å². The molecule has 1 aliphatic heterocycles. The van der Waals surface area contributed by atoms with E-state index in [1.165, 1.54) is 0 Å². The number of epoxide rings is 1. The van der Waals surface area contributed by atoms with Gasteiger partial charge in [-0.25, -0.2) is 0 Å². The fourth-order valence-corrected chi connectivity index (χ4v) is 0.734. The van der Waals surface area contributed by atoms with E-state index in [2.05, 4.69) is 4.74 Å². The molecule has 0 aliphatic carbocycles. The van der Waals surface area contributed by atoms with Gasteiger partial charge < -0.3 is 19.3 Å². The lowest BCUT2D eigenvalue weighted by atomic mass is 10.3. The van der Waals surface area contributed by atoms with E-state index < -0.39 is 0 Å². The van der Waals surface area contributed by atoms with Crippen LogP contribution >= 0.6 is 0 Å². The van der Waals surface area contributed by atoms with Crippen LogP contribution in [0.2, 0.25) is 0 Å². The van der Waals surface area contributed by atoms with Gasteiger partial charge in [0, 0.05) is 7.11 Å². The van der Waals surface area contributed by atoms with Crippen molar-refractivity contribution in [1.29, 1.82) is 0 Å². The first-order valence-electron chi connectivity index (χ1n) is 3.21. The van der Waals surface area contributed by atoms with E-state index in [1.807, 2.05) is 0 Å². The molecular formula is C6H12O4. The molecule has 0 spiro atoms. The number of ether oxygens (including phenoxy) is 3. The number of aliphatic hydroxyl groups is 1. The van der Waals surface area contributed by atoms with Gasteiger partial charge in [0.25, 0.3) is 0 Å². The van der Waals surface area contributed by atoms with Crippen LogP contribution in [0, 0.1) is 0 Å². The van der Waals surface area contributed by atoms with Crippen molar-refractivity contribution in [3.8, 4) is 0 Å². The number of aliphatic hydroxyl groups excluding tert-OH is 1. The van der Waals surface area contributed by atoms with Gasteiger partial charge in [0.05, 0.1) is 13.2 Å². The van der Waals surface area contributed by atoms with Crippen molar-refractivity contribution in [2.45, 2.75) is 12.2 Å². The predicted molar refractivity (Wildman–Crippen MR) is 33.6 cm³/mol. The number of hydrogen-bond donors (Lipinski definition) is 1. The zero-order valence-electron chi connectivity index (χ0n) is 5.95. The van der Waals surface area contributed by atoms with Gasteiger partial charge in [-0.3, -0.25) is 0 Å². The van der Waals surface area contributed by atoms with Gasteiger partial charge in [-0.1, -0.05) is 0 Å². The standard InChI is InChI=1S/C6H12O4/c1-8-4-9-3-6-5(2-7)10-6/h5-7H,2-4H2,1H3. The summed E-state index contributed by atoms with van der Waals surface area (Å²) < 4.78 is 14.6. The molecule has 0 bridgehead atoms. The molecule has 2 atom stereocenters. The van der Waals surface area contributed by atoms with Gasteiger partial charge in [-0.2, -0.15) is 0 Å². The Labute approximate surface area is 59.7 Å². The second-order valence-electron chi connectivity index (χ2n) is 2.17. The molecule has 1 saturated heterocycles. The highest BCUT2D eigenvalue weighted by atomic mass is 16.7. The summed E-state index contributed by atoms with van der Waals surface area (Å²) in [5.74, 6) is 0. The minimum absolute atomic E-state index is 0.00291. The van der Waals surface area contributed by atoms with Gasteiger partial charge in [0.15, 0.2) is 0 Å². The van der Waals surface area contributed by atoms with Crippen molar-refractivity contribution in [3.63, 3.8) is 0 Å². The van der Waals surface area contributed by atoms with E-state index in [0.29, 0.717) is 6.61 Å². The number of methoxy groups -OCH3 is 1. The van der Waals surface area contributed by atoms with Crippen molar-refractivity contribution in [3.05, 3.63) is 0 Å². The Bertz CT molecular complexity index is 95.7. The predicted octanol–water partition coefficient (Wildman–Crippen LogP) is -0.633. The summed E-state index contributed by atoms with van der Waals surface area (Å²) in [6, 6.07) is 0. The average Bonchev–Trinajstić information content (AvgIpc) is 2.68. The Morgan fingerprint density at radius 1 is 1.50 bits per heavy atom. The lowest BCUT2D eigenvalue weighted by Crippen LogP contribution is -2.08. The highest BCUT2D eigenvalue weighted by Gasteiger charge is 2.37. The fourth-order valence-electron chi connectivity index (χ4n) is 0.734. The Morgan fingerprint density at radius 2 is 2.30 bits per heavy atom. The van der Waals surface area contributed by atoms with Crippen molar-refractivity contribution in [2.75, 3.05) is 27.1 Å². The SMILES string of the molecule is COCOCC1OC1CO. The molecule has 0 saturated carbocycles. The van der Waals surface area contributed by atoms with Gasteiger partial charge in [-0.15, -0.1) is 0 Å². The normalized spacial score (nSPS) is 30.6. The molecule has 1 aliphatic rings. The summed E-state index contributed by atoms with van der Waals surface area (Å²) in [6.07, 6.45) is 0.0806. The maximum Gasteiger partial charge on any atom is 0.146 e. The average molecular weight is 148 g/mol. The van der Waals surface area contributed by atoms with Crippen LogP contribution in [0.1, 0.15) is 0 Å². The van der Waals surface area contributed by atoms with Crippen LogP contribution in [0.4, 0.5) is 0 Å². The van der Waals surface area contributed by atoms with Crippen LogP contribution in [-0.2, 0) is 14.2 Å². The van der Waals surface area contributed by atoms with Crippen LogP contribution in [-0.4, -0.2) is 44.4 Å². The summed E-state index contributed by atoms with van der Waals surface area (Å²) >= 11 is 0. The molecule has 0 aromatic rings. The van der Waals surface area contributed by atoms with E-state index in [4.69, 9.17) is 14.6 Å². The minimum atomic E-state index is -0.00291. The maximum absolute atomic E-state index is 8.52. The molecule has 4 nitrogen and oxygen atoms in total. The molecule has 4 heteroatoms. The van der Waals surface area contributed by atoms with Crippen molar-refractivity contribution >= 4 is 0 Å². The second-order valence-corrected chi connectivity index (χ2v) is 2.17. The summed E-state index contributed by atoms with van der Waals surface area (Å²) in [6.45, 7) is 0.887. The summed E-state index contributed by atoms with van der Waals surface area (Å²) in [5, 5.41) is 8.52.